The molecule has 3 aliphatic rings. The fourth-order valence-corrected chi connectivity index (χ4v) is 4.32. The Morgan fingerprint density at radius 2 is 2.00 bits per heavy atom. The van der Waals surface area contributed by atoms with E-state index in [1.807, 2.05) is 9.80 Å². The van der Waals surface area contributed by atoms with Crippen molar-refractivity contribution in [1.82, 2.24) is 20.0 Å². The van der Waals surface area contributed by atoms with E-state index >= 15 is 0 Å². The third-order valence-electron chi connectivity index (χ3n) is 5.62. The topological polar surface area (TPSA) is 78.5 Å². The van der Waals surface area contributed by atoms with Crippen molar-refractivity contribution < 1.29 is 14.3 Å². The van der Waals surface area contributed by atoms with Crippen molar-refractivity contribution in [1.29, 1.82) is 0 Å². The molecule has 4 heterocycles. The Morgan fingerprint density at radius 1 is 1.17 bits per heavy atom. The lowest BCUT2D eigenvalue weighted by molar-refractivity contribution is -0.149. The van der Waals surface area contributed by atoms with Crippen molar-refractivity contribution in [3.8, 4) is 0 Å². The van der Waals surface area contributed by atoms with E-state index in [9.17, 15) is 9.59 Å². The molecule has 0 unspecified atom stereocenters. The van der Waals surface area contributed by atoms with Crippen molar-refractivity contribution in [3.63, 3.8) is 0 Å². The van der Waals surface area contributed by atoms with Crippen LogP contribution in [0.2, 0.25) is 0 Å². The van der Waals surface area contributed by atoms with Gasteiger partial charge in [0.25, 0.3) is 5.91 Å². The minimum Gasteiger partial charge on any atom is -0.378 e. The number of aromatic amines is 1. The lowest BCUT2D eigenvalue weighted by Crippen LogP contribution is -2.54. The molecule has 3 aliphatic heterocycles. The summed E-state index contributed by atoms with van der Waals surface area (Å²) in [7, 11) is 0. The number of carbonyl (C=O) groups is 2. The van der Waals surface area contributed by atoms with Gasteiger partial charge in [0.2, 0.25) is 5.91 Å². The number of hydrogen-bond donors (Lipinski definition) is 1. The molecule has 1 N–H and O–H groups in total. The van der Waals surface area contributed by atoms with Gasteiger partial charge in [0, 0.05) is 50.8 Å². The Hall–Kier alpha value is -1.89. The zero-order chi connectivity index (χ0) is 16.5. The number of ether oxygens (including phenoxy) is 1. The van der Waals surface area contributed by atoms with Gasteiger partial charge < -0.3 is 14.5 Å². The first kappa shape index (κ1) is 15.6. The smallest absolute Gasteiger partial charge is 0.271 e. The van der Waals surface area contributed by atoms with Gasteiger partial charge in [-0.15, -0.1) is 0 Å². The number of piperidine rings is 1. The van der Waals surface area contributed by atoms with E-state index in [1.165, 1.54) is 0 Å². The highest BCUT2D eigenvalue weighted by Crippen LogP contribution is 2.35. The summed E-state index contributed by atoms with van der Waals surface area (Å²) >= 11 is 0. The number of carbonyl (C=O) groups excluding carboxylic acids is 2. The normalized spacial score (nSPS) is 30.2. The molecule has 0 bridgehead atoms. The molecular weight excluding hydrogens is 308 g/mol. The Bertz CT molecular complexity index is 597. The van der Waals surface area contributed by atoms with Gasteiger partial charge in [0.15, 0.2) is 0 Å². The summed E-state index contributed by atoms with van der Waals surface area (Å²) in [5, 5.41) is 6.59. The van der Waals surface area contributed by atoms with Crippen molar-refractivity contribution in [2.24, 2.45) is 11.8 Å². The van der Waals surface area contributed by atoms with Crippen LogP contribution in [0, 0.1) is 11.8 Å². The van der Waals surface area contributed by atoms with E-state index in [4.69, 9.17) is 4.74 Å². The van der Waals surface area contributed by atoms with E-state index < -0.39 is 0 Å². The van der Waals surface area contributed by atoms with Gasteiger partial charge in [-0.2, -0.15) is 5.10 Å². The monoisotopic (exact) mass is 332 g/mol. The number of hydrogen-bond acceptors (Lipinski definition) is 4. The third kappa shape index (κ3) is 2.81. The van der Waals surface area contributed by atoms with Gasteiger partial charge >= 0.3 is 0 Å². The SMILES string of the molecule is O=C(c1ccn[nH]1)N1CC[C@H]2OCC[C@@H](C(=O)N3CCCC3)[C@@H]2C1. The van der Waals surface area contributed by atoms with E-state index in [0.717, 1.165) is 38.8 Å². The first-order chi connectivity index (χ1) is 11.7. The quantitative estimate of drug-likeness (QED) is 0.873. The van der Waals surface area contributed by atoms with Gasteiger partial charge in [-0.1, -0.05) is 0 Å². The number of likely N-dealkylation sites (tertiary alicyclic amines) is 2. The average Bonchev–Trinajstić information content (AvgIpc) is 3.32. The van der Waals surface area contributed by atoms with Crippen LogP contribution in [-0.2, 0) is 9.53 Å². The summed E-state index contributed by atoms with van der Waals surface area (Å²) in [5.41, 5.74) is 0.507. The van der Waals surface area contributed by atoms with Crippen molar-refractivity contribution in [3.05, 3.63) is 18.0 Å². The molecular formula is C17H24N4O3. The number of fused-ring (bicyclic) bond motifs is 1. The summed E-state index contributed by atoms with van der Waals surface area (Å²) in [6, 6.07) is 1.69. The molecule has 0 aliphatic carbocycles. The second-order valence-corrected chi connectivity index (χ2v) is 7.01. The fourth-order valence-electron chi connectivity index (χ4n) is 4.32. The van der Waals surface area contributed by atoms with Crippen LogP contribution in [0.5, 0.6) is 0 Å². The minimum absolute atomic E-state index is 0.0146. The van der Waals surface area contributed by atoms with Crippen LogP contribution in [0.25, 0.3) is 0 Å². The summed E-state index contributed by atoms with van der Waals surface area (Å²) in [6.07, 6.45) is 5.46. The number of nitrogens with one attached hydrogen (secondary N) is 1. The van der Waals surface area contributed by atoms with E-state index in [-0.39, 0.29) is 29.8 Å². The van der Waals surface area contributed by atoms with Crippen LogP contribution < -0.4 is 0 Å². The molecule has 7 heteroatoms. The molecule has 0 aromatic carbocycles. The third-order valence-corrected chi connectivity index (χ3v) is 5.62. The maximum absolute atomic E-state index is 12.9. The van der Waals surface area contributed by atoms with Crippen molar-refractivity contribution in [2.45, 2.75) is 31.8 Å². The molecule has 0 spiro atoms. The van der Waals surface area contributed by atoms with E-state index in [1.54, 1.807) is 12.3 Å². The van der Waals surface area contributed by atoms with Crippen molar-refractivity contribution >= 4 is 11.8 Å². The maximum Gasteiger partial charge on any atom is 0.271 e. The summed E-state index contributed by atoms with van der Waals surface area (Å²) in [4.78, 5) is 29.3. The molecule has 3 atom stereocenters. The van der Waals surface area contributed by atoms with Crippen molar-refractivity contribution in [2.75, 3.05) is 32.8 Å². The lowest BCUT2D eigenvalue weighted by atomic mass is 9.78. The molecule has 3 fully saturated rings. The standard InChI is InChI=1S/C17H24N4O3/c22-16(20-7-1-2-8-20)12-5-10-24-15-4-9-21(11-13(12)15)17(23)14-3-6-18-19-14/h3,6,12-13,15H,1-2,4-5,7-11H2,(H,18,19)/t12-,13+,15-/m1/s1. The highest BCUT2D eigenvalue weighted by molar-refractivity contribution is 5.92. The second-order valence-electron chi connectivity index (χ2n) is 7.01. The van der Waals surface area contributed by atoms with Gasteiger partial charge in [-0.05, 0) is 31.7 Å². The predicted molar refractivity (Wildman–Crippen MR) is 86.3 cm³/mol. The summed E-state index contributed by atoms with van der Waals surface area (Å²) < 4.78 is 5.91. The van der Waals surface area contributed by atoms with Crippen LogP contribution in [0.3, 0.4) is 0 Å². The van der Waals surface area contributed by atoms with E-state index in [2.05, 4.69) is 10.2 Å². The maximum atomic E-state index is 12.9. The van der Waals surface area contributed by atoms with Gasteiger partial charge in [-0.25, -0.2) is 0 Å². The number of nitrogens with zero attached hydrogens (tertiary/aromatic N) is 3. The predicted octanol–water partition coefficient (Wildman–Crippen LogP) is 0.899. The highest BCUT2D eigenvalue weighted by Gasteiger charge is 2.44. The van der Waals surface area contributed by atoms with Crippen LogP contribution in [0.4, 0.5) is 0 Å². The largest absolute Gasteiger partial charge is 0.378 e. The summed E-state index contributed by atoms with van der Waals surface area (Å²) in [6.45, 7) is 3.67. The zero-order valence-electron chi connectivity index (χ0n) is 13.8. The molecule has 7 nitrogen and oxygen atoms in total. The zero-order valence-corrected chi connectivity index (χ0v) is 13.8. The summed E-state index contributed by atoms with van der Waals surface area (Å²) in [5.74, 6) is 0.317. The Kier molecular flexibility index (Phi) is 4.26. The Labute approximate surface area is 141 Å². The molecule has 0 radical (unpaired) electrons. The highest BCUT2D eigenvalue weighted by atomic mass is 16.5. The number of rotatable bonds is 2. The van der Waals surface area contributed by atoms with Crippen LogP contribution >= 0.6 is 0 Å². The van der Waals surface area contributed by atoms with Gasteiger partial charge in [-0.3, -0.25) is 14.7 Å². The minimum atomic E-state index is -0.0381. The average molecular weight is 332 g/mol. The van der Waals surface area contributed by atoms with Gasteiger partial charge in [0.1, 0.15) is 5.69 Å². The molecule has 24 heavy (non-hydrogen) atoms. The van der Waals surface area contributed by atoms with Crippen LogP contribution in [0.1, 0.15) is 36.2 Å². The Balaban J connectivity index is 1.49. The van der Waals surface area contributed by atoms with E-state index in [0.29, 0.717) is 25.4 Å². The molecule has 4 rings (SSSR count). The lowest BCUT2D eigenvalue weighted by Gasteiger charge is -2.45. The number of amides is 2. The molecule has 0 saturated carbocycles. The second kappa shape index (κ2) is 6.55. The molecule has 130 valence electrons. The first-order valence-electron chi connectivity index (χ1n) is 8.93. The molecule has 2 amide bonds. The number of H-pyrrole nitrogens is 1. The van der Waals surface area contributed by atoms with Gasteiger partial charge in [0.05, 0.1) is 6.10 Å². The Morgan fingerprint density at radius 3 is 2.75 bits per heavy atom. The molecule has 1 aromatic rings. The molecule has 3 saturated heterocycles. The van der Waals surface area contributed by atoms with Crippen LogP contribution in [0.15, 0.2) is 12.3 Å². The number of aromatic nitrogens is 2. The first-order valence-corrected chi connectivity index (χ1v) is 8.93. The molecule has 1 aromatic heterocycles. The fraction of sp³-hybridized carbons (Fsp3) is 0.706. The van der Waals surface area contributed by atoms with Crippen LogP contribution in [-0.4, -0.2) is 70.7 Å².